The summed E-state index contributed by atoms with van der Waals surface area (Å²) in [5.74, 6) is -0.743. The Labute approximate surface area is 141 Å². The van der Waals surface area contributed by atoms with Crippen molar-refractivity contribution in [2.75, 3.05) is 5.32 Å². The SMILES string of the molecule is O=C(Nc1cccc2c1C(=O)c1ccccc1C2=O)c1cccs1. The molecule has 1 heterocycles. The van der Waals surface area contributed by atoms with E-state index in [4.69, 9.17) is 0 Å². The molecular weight excluding hydrogens is 322 g/mol. The van der Waals surface area contributed by atoms with Crippen LogP contribution in [0.5, 0.6) is 0 Å². The Morgan fingerprint density at radius 2 is 1.50 bits per heavy atom. The lowest BCUT2D eigenvalue weighted by Gasteiger charge is -2.20. The van der Waals surface area contributed by atoms with E-state index in [-0.39, 0.29) is 23.0 Å². The third-order valence-corrected chi connectivity index (χ3v) is 4.81. The molecule has 4 nitrogen and oxygen atoms in total. The van der Waals surface area contributed by atoms with E-state index in [1.807, 2.05) is 0 Å². The Kier molecular flexibility index (Phi) is 3.36. The Morgan fingerprint density at radius 1 is 0.792 bits per heavy atom. The maximum Gasteiger partial charge on any atom is 0.265 e. The van der Waals surface area contributed by atoms with Gasteiger partial charge in [0.05, 0.1) is 16.1 Å². The Hall–Kier alpha value is -3.05. The average Bonchev–Trinajstić information content (AvgIpc) is 3.14. The van der Waals surface area contributed by atoms with Crippen LogP contribution < -0.4 is 5.32 Å². The van der Waals surface area contributed by atoms with Crippen LogP contribution in [-0.4, -0.2) is 17.5 Å². The summed E-state index contributed by atoms with van der Waals surface area (Å²) < 4.78 is 0. The van der Waals surface area contributed by atoms with Crippen LogP contribution in [0.2, 0.25) is 0 Å². The largest absolute Gasteiger partial charge is 0.321 e. The van der Waals surface area contributed by atoms with Crippen molar-refractivity contribution in [3.63, 3.8) is 0 Å². The highest BCUT2D eigenvalue weighted by Crippen LogP contribution is 2.32. The highest BCUT2D eigenvalue weighted by atomic mass is 32.1. The third kappa shape index (κ3) is 2.18. The molecule has 0 unspecified atom stereocenters. The molecule has 4 rings (SSSR count). The van der Waals surface area contributed by atoms with Crippen LogP contribution in [0.3, 0.4) is 0 Å². The molecule has 0 spiro atoms. The minimum absolute atomic E-state index is 0.201. The fourth-order valence-corrected chi connectivity index (χ4v) is 3.46. The van der Waals surface area contributed by atoms with Gasteiger partial charge in [-0.05, 0) is 17.5 Å². The lowest BCUT2D eigenvalue weighted by atomic mass is 9.83. The highest BCUT2D eigenvalue weighted by molar-refractivity contribution is 7.12. The molecule has 0 saturated carbocycles. The molecule has 0 saturated heterocycles. The van der Waals surface area contributed by atoms with Gasteiger partial charge in [-0.2, -0.15) is 0 Å². The monoisotopic (exact) mass is 333 g/mol. The second kappa shape index (κ2) is 5.54. The number of anilines is 1. The van der Waals surface area contributed by atoms with Crippen molar-refractivity contribution in [3.05, 3.63) is 87.1 Å². The summed E-state index contributed by atoms with van der Waals surface area (Å²) in [4.78, 5) is 38.3. The summed E-state index contributed by atoms with van der Waals surface area (Å²) in [7, 11) is 0. The molecule has 0 fully saturated rings. The minimum atomic E-state index is -0.294. The molecule has 1 aliphatic carbocycles. The number of fused-ring (bicyclic) bond motifs is 2. The smallest absolute Gasteiger partial charge is 0.265 e. The first kappa shape index (κ1) is 14.5. The number of amides is 1. The van der Waals surface area contributed by atoms with Gasteiger partial charge < -0.3 is 5.32 Å². The van der Waals surface area contributed by atoms with Crippen molar-refractivity contribution in [2.24, 2.45) is 0 Å². The molecule has 1 amide bonds. The van der Waals surface area contributed by atoms with Gasteiger partial charge in [-0.25, -0.2) is 0 Å². The van der Waals surface area contributed by atoms with Crippen molar-refractivity contribution in [3.8, 4) is 0 Å². The number of carbonyl (C=O) groups is 3. The number of rotatable bonds is 2. The Morgan fingerprint density at radius 3 is 2.21 bits per heavy atom. The van der Waals surface area contributed by atoms with Gasteiger partial charge >= 0.3 is 0 Å². The zero-order chi connectivity index (χ0) is 16.7. The lowest BCUT2D eigenvalue weighted by molar-refractivity contribution is 0.0978. The number of hydrogen-bond donors (Lipinski definition) is 1. The Balaban J connectivity index is 1.81. The first-order chi connectivity index (χ1) is 11.7. The fraction of sp³-hybridized carbons (Fsp3) is 0. The van der Waals surface area contributed by atoms with E-state index in [9.17, 15) is 14.4 Å². The normalized spacial score (nSPS) is 12.5. The van der Waals surface area contributed by atoms with Crippen molar-refractivity contribution < 1.29 is 14.4 Å². The maximum absolute atomic E-state index is 12.8. The zero-order valence-corrected chi connectivity index (χ0v) is 13.2. The van der Waals surface area contributed by atoms with E-state index in [0.717, 1.165) is 0 Å². The topological polar surface area (TPSA) is 63.2 Å². The molecule has 0 radical (unpaired) electrons. The quantitative estimate of drug-likeness (QED) is 0.607. The van der Waals surface area contributed by atoms with Crippen LogP contribution in [0.25, 0.3) is 0 Å². The summed E-state index contributed by atoms with van der Waals surface area (Å²) in [6, 6.07) is 15.2. The van der Waals surface area contributed by atoms with Gasteiger partial charge in [0.15, 0.2) is 11.6 Å². The summed E-state index contributed by atoms with van der Waals surface area (Å²) >= 11 is 1.31. The van der Waals surface area contributed by atoms with Gasteiger partial charge in [-0.1, -0.05) is 42.5 Å². The molecule has 2 aromatic carbocycles. The minimum Gasteiger partial charge on any atom is -0.321 e. The van der Waals surface area contributed by atoms with Gasteiger partial charge in [0.2, 0.25) is 0 Å². The molecule has 1 aliphatic rings. The van der Waals surface area contributed by atoms with Crippen LogP contribution in [0.1, 0.15) is 41.5 Å². The molecule has 116 valence electrons. The van der Waals surface area contributed by atoms with Gasteiger partial charge in [0.25, 0.3) is 5.91 Å². The second-order valence-corrected chi connectivity index (χ2v) is 6.31. The Bertz CT molecular complexity index is 990. The predicted molar refractivity (Wildman–Crippen MR) is 92.0 cm³/mol. The van der Waals surface area contributed by atoms with E-state index in [2.05, 4.69) is 5.32 Å². The number of nitrogens with one attached hydrogen (secondary N) is 1. The molecule has 3 aromatic rings. The lowest BCUT2D eigenvalue weighted by Crippen LogP contribution is -2.23. The van der Waals surface area contributed by atoms with Crippen LogP contribution >= 0.6 is 11.3 Å². The molecule has 0 atom stereocenters. The summed E-state index contributed by atoms with van der Waals surface area (Å²) in [5, 5.41) is 4.56. The molecule has 1 aromatic heterocycles. The summed E-state index contributed by atoms with van der Waals surface area (Å²) in [6.45, 7) is 0. The van der Waals surface area contributed by atoms with E-state index >= 15 is 0 Å². The van der Waals surface area contributed by atoms with E-state index < -0.39 is 0 Å². The van der Waals surface area contributed by atoms with Crippen molar-refractivity contribution in [1.82, 2.24) is 0 Å². The molecule has 1 N–H and O–H groups in total. The van der Waals surface area contributed by atoms with Crippen molar-refractivity contribution in [2.45, 2.75) is 0 Å². The van der Waals surface area contributed by atoms with Crippen LogP contribution in [0.4, 0.5) is 5.69 Å². The highest BCUT2D eigenvalue weighted by Gasteiger charge is 2.31. The number of carbonyl (C=O) groups excluding carboxylic acids is 3. The molecule has 0 bridgehead atoms. The average molecular weight is 333 g/mol. The number of ketones is 2. The number of benzene rings is 2. The van der Waals surface area contributed by atoms with Crippen LogP contribution in [0, 0.1) is 0 Å². The van der Waals surface area contributed by atoms with E-state index in [1.165, 1.54) is 11.3 Å². The van der Waals surface area contributed by atoms with E-state index in [0.29, 0.717) is 27.3 Å². The molecule has 24 heavy (non-hydrogen) atoms. The maximum atomic E-state index is 12.8. The third-order valence-electron chi connectivity index (χ3n) is 3.95. The van der Waals surface area contributed by atoms with Crippen LogP contribution in [-0.2, 0) is 0 Å². The molecular formula is C19H11NO3S. The van der Waals surface area contributed by atoms with Gasteiger partial charge in [0, 0.05) is 16.7 Å². The first-order valence-corrected chi connectivity index (χ1v) is 8.21. The summed E-state index contributed by atoms with van der Waals surface area (Å²) in [6.07, 6.45) is 0. The van der Waals surface area contributed by atoms with Crippen molar-refractivity contribution >= 4 is 34.5 Å². The predicted octanol–water partition coefficient (Wildman–Crippen LogP) is 3.78. The molecule has 5 heteroatoms. The number of thiophene rings is 1. The van der Waals surface area contributed by atoms with Gasteiger partial charge in [-0.3, -0.25) is 14.4 Å². The summed E-state index contributed by atoms with van der Waals surface area (Å²) in [5.41, 5.74) is 1.71. The second-order valence-electron chi connectivity index (χ2n) is 5.36. The fourth-order valence-electron chi connectivity index (χ4n) is 2.84. The number of hydrogen-bond acceptors (Lipinski definition) is 4. The first-order valence-electron chi connectivity index (χ1n) is 7.33. The van der Waals surface area contributed by atoms with E-state index in [1.54, 1.807) is 60.0 Å². The zero-order valence-electron chi connectivity index (χ0n) is 12.4. The van der Waals surface area contributed by atoms with Gasteiger partial charge in [-0.15, -0.1) is 11.3 Å². The van der Waals surface area contributed by atoms with Gasteiger partial charge in [0.1, 0.15) is 0 Å². The van der Waals surface area contributed by atoms with Crippen LogP contribution in [0.15, 0.2) is 60.0 Å². The standard InChI is InChI=1S/C19H11NO3S/c21-17-11-5-1-2-6-12(11)18(22)16-13(17)7-3-8-14(16)20-19(23)15-9-4-10-24-15/h1-10H,(H,20,23). The van der Waals surface area contributed by atoms with Crippen molar-refractivity contribution in [1.29, 1.82) is 0 Å². The molecule has 0 aliphatic heterocycles.